The molecule has 104 valence electrons. The van der Waals surface area contributed by atoms with Crippen LogP contribution >= 0.6 is 23.2 Å². The SMILES string of the molecule is COC(=O)[C@@H](c1ccc(Cl)c(Cl)c1)[C@@H]1CCCCN1. The van der Waals surface area contributed by atoms with E-state index in [0.29, 0.717) is 10.0 Å². The quantitative estimate of drug-likeness (QED) is 0.870. The van der Waals surface area contributed by atoms with E-state index in [2.05, 4.69) is 5.32 Å². The lowest BCUT2D eigenvalue weighted by atomic mass is 9.86. The molecule has 1 N–H and O–H groups in total. The molecule has 1 aromatic carbocycles. The second-order valence-electron chi connectivity index (χ2n) is 4.73. The molecule has 5 heteroatoms. The molecule has 0 aliphatic carbocycles. The molecule has 2 atom stereocenters. The fourth-order valence-electron chi connectivity index (χ4n) is 2.53. The van der Waals surface area contributed by atoms with Crippen LogP contribution in [0.3, 0.4) is 0 Å². The van der Waals surface area contributed by atoms with Crippen LogP contribution in [0.5, 0.6) is 0 Å². The molecular formula is C14H17Cl2NO2. The summed E-state index contributed by atoms with van der Waals surface area (Å²) in [7, 11) is 1.41. The fraction of sp³-hybridized carbons (Fsp3) is 0.500. The van der Waals surface area contributed by atoms with Gasteiger partial charge in [0.1, 0.15) is 0 Å². The van der Waals surface area contributed by atoms with Crippen molar-refractivity contribution in [2.75, 3.05) is 13.7 Å². The zero-order chi connectivity index (χ0) is 13.8. The third-order valence-electron chi connectivity index (χ3n) is 3.51. The highest BCUT2D eigenvalue weighted by atomic mass is 35.5. The van der Waals surface area contributed by atoms with Crippen LogP contribution in [0.15, 0.2) is 18.2 Å². The number of hydrogen-bond donors (Lipinski definition) is 1. The van der Waals surface area contributed by atoms with Gasteiger partial charge in [0.25, 0.3) is 0 Å². The fourth-order valence-corrected chi connectivity index (χ4v) is 2.84. The zero-order valence-corrected chi connectivity index (χ0v) is 12.3. The molecule has 0 amide bonds. The van der Waals surface area contributed by atoms with E-state index in [1.807, 2.05) is 6.07 Å². The molecule has 2 rings (SSSR count). The van der Waals surface area contributed by atoms with Crippen LogP contribution in [0.25, 0.3) is 0 Å². The Morgan fingerprint density at radius 3 is 2.74 bits per heavy atom. The van der Waals surface area contributed by atoms with Crippen LogP contribution in [0.1, 0.15) is 30.7 Å². The number of halogens is 2. The van der Waals surface area contributed by atoms with Gasteiger partial charge in [0.2, 0.25) is 0 Å². The summed E-state index contributed by atoms with van der Waals surface area (Å²) in [4.78, 5) is 12.1. The smallest absolute Gasteiger partial charge is 0.314 e. The summed E-state index contributed by atoms with van der Waals surface area (Å²) >= 11 is 12.0. The number of ether oxygens (including phenoxy) is 1. The number of nitrogens with one attached hydrogen (secondary N) is 1. The van der Waals surface area contributed by atoms with E-state index in [-0.39, 0.29) is 17.9 Å². The van der Waals surface area contributed by atoms with Gasteiger partial charge < -0.3 is 10.1 Å². The van der Waals surface area contributed by atoms with Gasteiger partial charge in [-0.2, -0.15) is 0 Å². The van der Waals surface area contributed by atoms with Crippen molar-refractivity contribution >= 4 is 29.2 Å². The van der Waals surface area contributed by atoms with Crippen LogP contribution in [-0.2, 0) is 9.53 Å². The first-order chi connectivity index (χ1) is 9.13. The molecule has 0 radical (unpaired) electrons. The Morgan fingerprint density at radius 2 is 2.16 bits per heavy atom. The Bertz CT molecular complexity index is 459. The first kappa shape index (κ1) is 14.6. The molecule has 1 heterocycles. The molecule has 0 spiro atoms. The zero-order valence-electron chi connectivity index (χ0n) is 10.8. The Morgan fingerprint density at radius 1 is 1.37 bits per heavy atom. The van der Waals surface area contributed by atoms with E-state index in [1.54, 1.807) is 12.1 Å². The van der Waals surface area contributed by atoms with Gasteiger partial charge in [-0.15, -0.1) is 0 Å². The molecule has 1 saturated heterocycles. The van der Waals surface area contributed by atoms with Crippen molar-refractivity contribution in [2.45, 2.75) is 31.2 Å². The lowest BCUT2D eigenvalue weighted by Crippen LogP contribution is -2.42. The minimum atomic E-state index is -0.333. The summed E-state index contributed by atoms with van der Waals surface area (Å²) in [6.07, 6.45) is 3.22. The number of benzene rings is 1. The van der Waals surface area contributed by atoms with Crippen LogP contribution in [-0.4, -0.2) is 25.7 Å². The van der Waals surface area contributed by atoms with Gasteiger partial charge in [0, 0.05) is 6.04 Å². The lowest BCUT2D eigenvalue weighted by Gasteiger charge is -2.30. The average Bonchev–Trinajstić information content (AvgIpc) is 2.44. The normalized spacial score (nSPS) is 20.9. The van der Waals surface area contributed by atoms with Crippen LogP contribution in [0, 0.1) is 0 Å². The Labute approximate surface area is 123 Å². The molecule has 1 fully saturated rings. The maximum Gasteiger partial charge on any atom is 0.314 e. The van der Waals surface area contributed by atoms with Crippen LogP contribution < -0.4 is 5.32 Å². The maximum absolute atomic E-state index is 12.1. The molecule has 1 aromatic rings. The van der Waals surface area contributed by atoms with Gasteiger partial charge in [-0.3, -0.25) is 4.79 Å². The number of carbonyl (C=O) groups excluding carboxylic acids is 1. The Balaban J connectivity index is 2.30. The minimum Gasteiger partial charge on any atom is -0.469 e. The highest BCUT2D eigenvalue weighted by molar-refractivity contribution is 6.42. The van der Waals surface area contributed by atoms with Crippen molar-refractivity contribution in [3.63, 3.8) is 0 Å². The first-order valence-corrected chi connectivity index (χ1v) is 7.15. The number of methoxy groups -OCH3 is 1. The number of esters is 1. The first-order valence-electron chi connectivity index (χ1n) is 6.39. The van der Waals surface area contributed by atoms with E-state index in [4.69, 9.17) is 27.9 Å². The maximum atomic E-state index is 12.1. The molecule has 3 nitrogen and oxygen atoms in total. The summed E-state index contributed by atoms with van der Waals surface area (Å²) in [5.74, 6) is -0.571. The van der Waals surface area contributed by atoms with Gasteiger partial charge in [0.15, 0.2) is 0 Å². The van der Waals surface area contributed by atoms with E-state index in [0.717, 1.165) is 31.4 Å². The second kappa shape index (κ2) is 6.60. The van der Waals surface area contributed by atoms with E-state index < -0.39 is 0 Å². The molecule has 1 aliphatic rings. The number of rotatable bonds is 3. The van der Waals surface area contributed by atoms with Gasteiger partial charge in [-0.1, -0.05) is 35.7 Å². The van der Waals surface area contributed by atoms with Crippen LogP contribution in [0.2, 0.25) is 10.0 Å². The van der Waals surface area contributed by atoms with Crippen molar-refractivity contribution in [1.82, 2.24) is 5.32 Å². The Hall–Kier alpha value is -0.770. The molecule has 0 unspecified atom stereocenters. The van der Waals surface area contributed by atoms with Crippen molar-refractivity contribution < 1.29 is 9.53 Å². The number of piperidine rings is 1. The van der Waals surface area contributed by atoms with E-state index in [9.17, 15) is 4.79 Å². The summed E-state index contributed by atoms with van der Waals surface area (Å²) in [5.41, 5.74) is 0.848. The molecule has 1 aliphatic heterocycles. The molecule has 0 bridgehead atoms. The molecule has 0 aromatic heterocycles. The summed E-state index contributed by atoms with van der Waals surface area (Å²) in [6, 6.07) is 5.41. The second-order valence-corrected chi connectivity index (χ2v) is 5.55. The summed E-state index contributed by atoms with van der Waals surface area (Å²) in [5, 5.41) is 4.34. The van der Waals surface area contributed by atoms with Crippen molar-refractivity contribution in [2.24, 2.45) is 0 Å². The van der Waals surface area contributed by atoms with E-state index in [1.165, 1.54) is 7.11 Å². The minimum absolute atomic E-state index is 0.0958. The van der Waals surface area contributed by atoms with Crippen molar-refractivity contribution in [3.8, 4) is 0 Å². The predicted molar refractivity (Wildman–Crippen MR) is 76.9 cm³/mol. The highest BCUT2D eigenvalue weighted by Gasteiger charge is 2.31. The highest BCUT2D eigenvalue weighted by Crippen LogP contribution is 2.31. The number of carbonyl (C=O) groups is 1. The third kappa shape index (κ3) is 3.41. The monoisotopic (exact) mass is 301 g/mol. The summed E-state index contributed by atoms with van der Waals surface area (Å²) < 4.78 is 4.94. The van der Waals surface area contributed by atoms with Gasteiger partial charge >= 0.3 is 5.97 Å². The topological polar surface area (TPSA) is 38.3 Å². The van der Waals surface area contributed by atoms with E-state index >= 15 is 0 Å². The predicted octanol–water partition coefficient (Wildman–Crippen LogP) is 3.39. The number of hydrogen-bond acceptors (Lipinski definition) is 3. The van der Waals surface area contributed by atoms with Gasteiger partial charge in [-0.25, -0.2) is 0 Å². The largest absolute Gasteiger partial charge is 0.469 e. The molecule has 0 saturated carbocycles. The molecular weight excluding hydrogens is 285 g/mol. The standard InChI is InChI=1S/C14H17Cl2NO2/c1-19-14(18)13(12-4-2-3-7-17-12)9-5-6-10(15)11(16)8-9/h5-6,8,12-13,17H,2-4,7H2,1H3/t12-,13-/m0/s1. The van der Waals surface area contributed by atoms with Crippen molar-refractivity contribution in [1.29, 1.82) is 0 Å². The van der Waals surface area contributed by atoms with Crippen molar-refractivity contribution in [3.05, 3.63) is 33.8 Å². The van der Waals surface area contributed by atoms with Crippen LogP contribution in [0.4, 0.5) is 0 Å². The van der Waals surface area contributed by atoms with Gasteiger partial charge in [0.05, 0.1) is 23.1 Å². The summed E-state index contributed by atoms with van der Waals surface area (Å²) in [6.45, 7) is 0.930. The Kier molecular flexibility index (Phi) is 5.08. The third-order valence-corrected chi connectivity index (χ3v) is 4.25. The molecule has 19 heavy (non-hydrogen) atoms. The van der Waals surface area contributed by atoms with Gasteiger partial charge in [-0.05, 0) is 37.1 Å². The lowest BCUT2D eigenvalue weighted by molar-refractivity contribution is -0.143. The average molecular weight is 302 g/mol.